The van der Waals surface area contributed by atoms with Gasteiger partial charge in [0.05, 0.1) is 24.4 Å². The summed E-state index contributed by atoms with van der Waals surface area (Å²) >= 11 is 1.53. The molecule has 1 aliphatic carbocycles. The maximum atomic E-state index is 12.7. The van der Waals surface area contributed by atoms with E-state index in [2.05, 4.69) is 10.3 Å². The molecule has 4 rings (SSSR count). The van der Waals surface area contributed by atoms with E-state index in [-0.39, 0.29) is 18.1 Å². The zero-order valence-electron chi connectivity index (χ0n) is 13.2. The summed E-state index contributed by atoms with van der Waals surface area (Å²) in [4.78, 5) is 18.0. The molecule has 7 heteroatoms. The van der Waals surface area contributed by atoms with Crippen LogP contribution in [0.2, 0.25) is 0 Å². The molecule has 1 aliphatic heterocycles. The third kappa shape index (κ3) is 3.13. The number of fused-ring (bicyclic) bond motifs is 1. The fourth-order valence-electron chi connectivity index (χ4n) is 3.00. The largest absolute Gasteiger partial charge is 0.379 e. The second kappa shape index (κ2) is 6.22. The van der Waals surface area contributed by atoms with Crippen LogP contribution in [0, 0.1) is 12.8 Å². The smallest absolute Gasteiger partial charge is 0.270 e. The minimum absolute atomic E-state index is 0.0412. The number of hydrogen-bond donors (Lipinski definition) is 1. The number of carbonyl (C=O) groups is 1. The number of aryl methyl sites for hydroxylation is 1. The number of imidazole rings is 1. The van der Waals surface area contributed by atoms with Crippen LogP contribution in [0.3, 0.4) is 0 Å². The molecule has 3 heterocycles. The lowest BCUT2D eigenvalue weighted by molar-refractivity contribution is -0.0568. The normalized spacial score (nSPS) is 24.9. The number of thiazole rings is 1. The van der Waals surface area contributed by atoms with Gasteiger partial charge in [0.25, 0.3) is 5.91 Å². The van der Waals surface area contributed by atoms with E-state index >= 15 is 0 Å². The number of aromatic nitrogens is 2. The highest BCUT2D eigenvalue weighted by Crippen LogP contribution is 2.30. The lowest BCUT2D eigenvalue weighted by Gasteiger charge is -2.32. The van der Waals surface area contributed by atoms with Gasteiger partial charge in [0.1, 0.15) is 5.69 Å². The molecule has 2 atom stereocenters. The highest BCUT2D eigenvalue weighted by atomic mass is 32.1. The van der Waals surface area contributed by atoms with Crippen molar-refractivity contribution in [2.45, 2.75) is 38.3 Å². The molecule has 2 aromatic rings. The van der Waals surface area contributed by atoms with Gasteiger partial charge in [-0.1, -0.05) is 0 Å². The minimum Gasteiger partial charge on any atom is -0.379 e. The summed E-state index contributed by atoms with van der Waals surface area (Å²) in [7, 11) is 0. The van der Waals surface area contributed by atoms with Crippen molar-refractivity contribution in [2.75, 3.05) is 19.8 Å². The molecule has 2 aliphatic rings. The van der Waals surface area contributed by atoms with Gasteiger partial charge in [-0.2, -0.15) is 0 Å². The van der Waals surface area contributed by atoms with E-state index in [1.54, 1.807) is 0 Å². The molecule has 6 nitrogen and oxygen atoms in total. The van der Waals surface area contributed by atoms with Crippen molar-refractivity contribution in [3.8, 4) is 0 Å². The maximum absolute atomic E-state index is 12.7. The van der Waals surface area contributed by atoms with Crippen molar-refractivity contribution in [1.82, 2.24) is 14.7 Å². The molecule has 2 aromatic heterocycles. The van der Waals surface area contributed by atoms with Crippen molar-refractivity contribution >= 4 is 22.2 Å². The van der Waals surface area contributed by atoms with E-state index in [0.29, 0.717) is 18.9 Å². The highest BCUT2D eigenvalue weighted by Gasteiger charge is 2.31. The molecule has 0 radical (unpaired) electrons. The first-order valence-electron chi connectivity index (χ1n) is 8.14. The van der Waals surface area contributed by atoms with Crippen LogP contribution in [-0.4, -0.2) is 47.3 Å². The topological polar surface area (TPSA) is 64.9 Å². The number of carbonyl (C=O) groups excluding carboxylic acids is 1. The first-order valence-corrected chi connectivity index (χ1v) is 9.02. The van der Waals surface area contributed by atoms with Crippen LogP contribution in [0.4, 0.5) is 0 Å². The molecular weight excluding hydrogens is 314 g/mol. The van der Waals surface area contributed by atoms with Crippen LogP contribution in [-0.2, 0) is 9.47 Å². The van der Waals surface area contributed by atoms with Crippen molar-refractivity contribution < 1.29 is 14.3 Å². The molecule has 1 saturated heterocycles. The van der Waals surface area contributed by atoms with Crippen LogP contribution in [0.5, 0.6) is 0 Å². The standard InChI is InChI=1S/C16H21N3O3S/c1-10-14(19-5-7-23-16(19)17-10)15(20)18-12-9-21-6-4-13(12)22-8-11-2-3-11/h5,7,11-13H,2-4,6,8-9H2,1H3,(H,18,20)/t12-,13+/m1/s1. The molecule has 1 amide bonds. The van der Waals surface area contributed by atoms with Gasteiger partial charge in [-0.15, -0.1) is 11.3 Å². The van der Waals surface area contributed by atoms with Gasteiger partial charge in [0.15, 0.2) is 4.96 Å². The number of nitrogens with zero attached hydrogens (tertiary/aromatic N) is 2. The van der Waals surface area contributed by atoms with Crippen molar-refractivity contribution in [1.29, 1.82) is 0 Å². The molecule has 0 bridgehead atoms. The molecular formula is C16H21N3O3S. The Morgan fingerprint density at radius 2 is 2.39 bits per heavy atom. The Balaban J connectivity index is 1.47. The Bertz CT molecular complexity index is 707. The van der Waals surface area contributed by atoms with E-state index in [4.69, 9.17) is 9.47 Å². The van der Waals surface area contributed by atoms with Crippen LogP contribution >= 0.6 is 11.3 Å². The summed E-state index contributed by atoms with van der Waals surface area (Å²) in [5, 5.41) is 5.03. The maximum Gasteiger partial charge on any atom is 0.270 e. The summed E-state index contributed by atoms with van der Waals surface area (Å²) in [6, 6.07) is -0.0985. The first kappa shape index (κ1) is 15.1. The van der Waals surface area contributed by atoms with Gasteiger partial charge in [0.2, 0.25) is 0 Å². The highest BCUT2D eigenvalue weighted by molar-refractivity contribution is 7.15. The van der Waals surface area contributed by atoms with Crippen molar-refractivity contribution in [2.24, 2.45) is 5.92 Å². The minimum atomic E-state index is -0.107. The Hall–Kier alpha value is -1.44. The molecule has 1 saturated carbocycles. The summed E-state index contributed by atoms with van der Waals surface area (Å²) < 4.78 is 13.4. The van der Waals surface area contributed by atoms with Crippen LogP contribution in [0.25, 0.3) is 4.96 Å². The monoisotopic (exact) mass is 335 g/mol. The summed E-state index contributed by atoms with van der Waals surface area (Å²) in [6.45, 7) is 3.87. The van der Waals surface area contributed by atoms with Gasteiger partial charge in [-0.05, 0) is 32.1 Å². The average molecular weight is 335 g/mol. The zero-order chi connectivity index (χ0) is 15.8. The van der Waals surface area contributed by atoms with Gasteiger partial charge in [0, 0.05) is 24.8 Å². The summed E-state index contributed by atoms with van der Waals surface area (Å²) in [5.74, 6) is 0.612. The van der Waals surface area contributed by atoms with Crippen molar-refractivity contribution in [3.63, 3.8) is 0 Å². The van der Waals surface area contributed by atoms with Crippen LogP contribution < -0.4 is 5.32 Å². The lowest BCUT2D eigenvalue weighted by Crippen LogP contribution is -2.51. The number of nitrogens with one attached hydrogen (secondary N) is 1. The zero-order valence-corrected chi connectivity index (χ0v) is 14.0. The molecule has 1 N–H and O–H groups in total. The molecule has 2 fully saturated rings. The molecule has 23 heavy (non-hydrogen) atoms. The van der Waals surface area contributed by atoms with E-state index in [0.717, 1.165) is 29.6 Å². The number of rotatable bonds is 5. The fraction of sp³-hybridized carbons (Fsp3) is 0.625. The Morgan fingerprint density at radius 1 is 1.52 bits per heavy atom. The van der Waals surface area contributed by atoms with E-state index in [9.17, 15) is 4.79 Å². The Kier molecular flexibility index (Phi) is 4.09. The number of hydrogen-bond acceptors (Lipinski definition) is 5. The third-order valence-electron chi connectivity index (χ3n) is 4.50. The van der Waals surface area contributed by atoms with Crippen LogP contribution in [0.15, 0.2) is 11.6 Å². The lowest BCUT2D eigenvalue weighted by atomic mass is 10.1. The molecule has 0 spiro atoms. The first-order chi connectivity index (χ1) is 11.2. The van der Waals surface area contributed by atoms with Crippen LogP contribution in [0.1, 0.15) is 35.4 Å². The molecule has 124 valence electrons. The predicted molar refractivity (Wildman–Crippen MR) is 87.0 cm³/mol. The van der Waals surface area contributed by atoms with Gasteiger partial charge < -0.3 is 14.8 Å². The SMILES string of the molecule is Cc1nc2sccn2c1C(=O)N[C@@H]1COCC[C@@H]1OCC1CC1. The summed E-state index contributed by atoms with van der Waals surface area (Å²) in [5.41, 5.74) is 1.36. The number of ether oxygens (including phenoxy) is 2. The Morgan fingerprint density at radius 3 is 3.22 bits per heavy atom. The average Bonchev–Trinajstić information content (AvgIpc) is 3.17. The number of amides is 1. The van der Waals surface area contributed by atoms with E-state index in [1.807, 2.05) is 22.9 Å². The second-order valence-electron chi connectivity index (χ2n) is 6.36. The van der Waals surface area contributed by atoms with Gasteiger partial charge in [-0.25, -0.2) is 4.98 Å². The van der Waals surface area contributed by atoms with E-state index < -0.39 is 0 Å². The summed E-state index contributed by atoms with van der Waals surface area (Å²) in [6.07, 6.45) is 5.29. The van der Waals surface area contributed by atoms with E-state index in [1.165, 1.54) is 24.2 Å². The van der Waals surface area contributed by atoms with Gasteiger partial charge in [-0.3, -0.25) is 9.20 Å². The fourth-order valence-corrected chi connectivity index (χ4v) is 3.76. The molecule has 0 unspecified atom stereocenters. The second-order valence-corrected chi connectivity index (χ2v) is 7.23. The predicted octanol–water partition coefficient (Wildman–Crippen LogP) is 2.02. The van der Waals surface area contributed by atoms with Crippen molar-refractivity contribution in [3.05, 3.63) is 23.0 Å². The Labute approximate surface area is 138 Å². The molecule has 0 aromatic carbocycles. The third-order valence-corrected chi connectivity index (χ3v) is 5.26. The quantitative estimate of drug-likeness (QED) is 0.908. The van der Waals surface area contributed by atoms with Gasteiger partial charge >= 0.3 is 0 Å².